The van der Waals surface area contributed by atoms with Crippen LogP contribution in [-0.2, 0) is 11.2 Å². The summed E-state index contributed by atoms with van der Waals surface area (Å²) in [5, 5.41) is 0.831. The van der Waals surface area contributed by atoms with E-state index < -0.39 is 6.43 Å². The molecular weight excluding hydrogens is 452 g/mol. The molecule has 6 nitrogen and oxygen atoms in total. The number of nitrogens with zero attached hydrogens (tertiary/aromatic N) is 2. The van der Waals surface area contributed by atoms with Crippen LogP contribution in [0.2, 0.25) is 0 Å². The van der Waals surface area contributed by atoms with Crippen LogP contribution in [0, 0.1) is 0 Å². The van der Waals surface area contributed by atoms with Crippen molar-refractivity contribution in [2.24, 2.45) is 0 Å². The van der Waals surface area contributed by atoms with Gasteiger partial charge < -0.3 is 19.4 Å². The van der Waals surface area contributed by atoms with Crippen LogP contribution >= 0.6 is 0 Å². The Morgan fingerprint density at radius 2 is 1.80 bits per heavy atom. The number of ether oxygens (including phenoxy) is 2. The van der Waals surface area contributed by atoms with Crippen LogP contribution in [0.4, 0.5) is 8.78 Å². The predicted molar refractivity (Wildman–Crippen MR) is 134 cm³/mol. The number of hydrogen-bond donors (Lipinski definition) is 1. The number of carbonyl (C=O) groups is 1. The van der Waals surface area contributed by atoms with E-state index in [1.165, 1.54) is 0 Å². The average Bonchev–Trinajstić information content (AvgIpc) is 3.20. The summed E-state index contributed by atoms with van der Waals surface area (Å²) in [5.74, 6) is 1.58. The van der Waals surface area contributed by atoms with Crippen molar-refractivity contribution in [3.8, 4) is 22.8 Å². The number of likely N-dealkylation sites (tertiary alicyclic amines) is 1. The molecule has 3 aromatic rings. The number of methoxy groups -OCH3 is 2. The first kappa shape index (κ1) is 25.0. The molecule has 0 saturated carbocycles. The summed E-state index contributed by atoms with van der Waals surface area (Å²) in [6.07, 6.45) is -0.931. The summed E-state index contributed by atoms with van der Waals surface area (Å²) in [6.45, 7) is 2.12. The minimum absolute atomic E-state index is 0.108. The standard InChI is InChI=1S/C27H33F2N3O3/c1-31(2)26(33)16-32-11-9-17(10-12-32)18-5-7-22-20(13-18)21(15-25(28)29)27(30-22)19-6-8-23(34-3)24(14-19)35-4/h5-8,13-14,17,25,30H,9-12,15-16H2,1-4H3. The van der Waals surface area contributed by atoms with Gasteiger partial charge >= 0.3 is 0 Å². The Bertz CT molecular complexity index is 1180. The van der Waals surface area contributed by atoms with Crippen LogP contribution in [0.15, 0.2) is 36.4 Å². The van der Waals surface area contributed by atoms with E-state index >= 15 is 0 Å². The fraction of sp³-hybridized carbons (Fsp3) is 0.444. The molecule has 1 N–H and O–H groups in total. The smallest absolute Gasteiger partial charge is 0.242 e. The molecule has 2 heterocycles. The maximum Gasteiger partial charge on any atom is 0.242 e. The molecule has 4 rings (SSSR count). The molecule has 0 atom stereocenters. The van der Waals surface area contributed by atoms with Crippen LogP contribution < -0.4 is 9.47 Å². The number of benzene rings is 2. The highest BCUT2D eigenvalue weighted by Crippen LogP contribution is 2.38. The second-order valence-electron chi connectivity index (χ2n) is 9.29. The minimum Gasteiger partial charge on any atom is -0.493 e. The maximum absolute atomic E-state index is 13.6. The molecule has 0 aliphatic carbocycles. The first-order valence-corrected chi connectivity index (χ1v) is 11.9. The van der Waals surface area contributed by atoms with Crippen molar-refractivity contribution >= 4 is 16.8 Å². The summed E-state index contributed by atoms with van der Waals surface area (Å²) in [7, 11) is 6.67. The maximum atomic E-state index is 13.6. The van der Waals surface area contributed by atoms with Gasteiger partial charge in [0.2, 0.25) is 12.3 Å². The number of nitrogens with one attached hydrogen (secondary N) is 1. The number of alkyl halides is 2. The van der Waals surface area contributed by atoms with Crippen LogP contribution in [0.25, 0.3) is 22.2 Å². The van der Waals surface area contributed by atoms with Crippen molar-refractivity contribution in [2.45, 2.75) is 31.6 Å². The molecule has 0 radical (unpaired) electrons. The minimum atomic E-state index is -2.46. The van der Waals surface area contributed by atoms with Crippen molar-refractivity contribution in [3.05, 3.63) is 47.5 Å². The molecule has 0 spiro atoms. The van der Waals surface area contributed by atoms with E-state index in [4.69, 9.17) is 9.47 Å². The molecule has 8 heteroatoms. The van der Waals surface area contributed by atoms with Gasteiger partial charge in [-0.05, 0) is 73.3 Å². The number of likely N-dealkylation sites (N-methyl/N-ethyl adjacent to an activating group) is 1. The Labute approximate surface area is 204 Å². The van der Waals surface area contributed by atoms with Gasteiger partial charge in [0.1, 0.15) is 0 Å². The topological polar surface area (TPSA) is 57.8 Å². The van der Waals surface area contributed by atoms with E-state index in [1.54, 1.807) is 39.3 Å². The Morgan fingerprint density at radius 1 is 1.09 bits per heavy atom. The van der Waals surface area contributed by atoms with Gasteiger partial charge in [-0.1, -0.05) is 6.07 Å². The van der Waals surface area contributed by atoms with E-state index in [0.29, 0.717) is 35.2 Å². The lowest BCUT2D eigenvalue weighted by Crippen LogP contribution is -2.40. The number of aromatic nitrogens is 1. The third-order valence-electron chi connectivity index (χ3n) is 6.88. The van der Waals surface area contributed by atoms with Crippen LogP contribution in [0.3, 0.4) is 0 Å². The van der Waals surface area contributed by atoms with Crippen molar-refractivity contribution in [1.82, 2.24) is 14.8 Å². The number of hydrogen-bond acceptors (Lipinski definition) is 4. The number of amides is 1. The number of fused-ring (bicyclic) bond motifs is 1. The summed E-state index contributed by atoms with van der Waals surface area (Å²) in [5.41, 5.74) is 4.05. The number of aromatic amines is 1. The van der Waals surface area contributed by atoms with E-state index in [9.17, 15) is 13.6 Å². The van der Waals surface area contributed by atoms with Gasteiger partial charge in [0, 0.05) is 37.0 Å². The lowest BCUT2D eigenvalue weighted by atomic mass is 9.88. The zero-order valence-corrected chi connectivity index (χ0v) is 20.7. The van der Waals surface area contributed by atoms with Gasteiger partial charge in [-0.25, -0.2) is 8.78 Å². The summed E-state index contributed by atoms with van der Waals surface area (Å²) in [6, 6.07) is 11.6. The lowest BCUT2D eigenvalue weighted by molar-refractivity contribution is -0.130. The molecule has 1 aliphatic rings. The summed E-state index contributed by atoms with van der Waals surface area (Å²) >= 11 is 0. The van der Waals surface area contributed by atoms with Gasteiger partial charge in [0.05, 0.1) is 26.5 Å². The number of carbonyl (C=O) groups excluding carboxylic acids is 1. The molecule has 2 aromatic carbocycles. The van der Waals surface area contributed by atoms with Gasteiger partial charge in [-0.15, -0.1) is 0 Å². The average molecular weight is 486 g/mol. The molecule has 35 heavy (non-hydrogen) atoms. The predicted octanol–water partition coefficient (Wildman–Crippen LogP) is 4.93. The molecule has 1 amide bonds. The third kappa shape index (κ3) is 5.42. The quantitative estimate of drug-likeness (QED) is 0.492. The van der Waals surface area contributed by atoms with E-state index in [1.807, 2.05) is 18.2 Å². The monoisotopic (exact) mass is 485 g/mol. The molecule has 0 bridgehead atoms. The summed E-state index contributed by atoms with van der Waals surface area (Å²) in [4.78, 5) is 19.2. The molecule has 1 saturated heterocycles. The highest BCUT2D eigenvalue weighted by Gasteiger charge is 2.24. The van der Waals surface area contributed by atoms with Crippen LogP contribution in [0.5, 0.6) is 11.5 Å². The molecule has 188 valence electrons. The van der Waals surface area contributed by atoms with Gasteiger partial charge in [0.25, 0.3) is 0 Å². The number of halogens is 2. The van der Waals surface area contributed by atoms with E-state index in [-0.39, 0.29) is 12.3 Å². The fourth-order valence-corrected chi connectivity index (χ4v) is 4.88. The Balaban J connectivity index is 1.63. The lowest BCUT2D eigenvalue weighted by Gasteiger charge is -2.32. The normalized spacial score (nSPS) is 15.1. The van der Waals surface area contributed by atoms with Crippen molar-refractivity contribution in [1.29, 1.82) is 0 Å². The van der Waals surface area contributed by atoms with E-state index in [0.717, 1.165) is 48.0 Å². The molecule has 1 fully saturated rings. The van der Waals surface area contributed by atoms with Gasteiger partial charge in [-0.3, -0.25) is 9.69 Å². The third-order valence-corrected chi connectivity index (χ3v) is 6.88. The molecule has 1 aliphatic heterocycles. The van der Waals surface area contributed by atoms with Crippen molar-refractivity contribution < 1.29 is 23.0 Å². The van der Waals surface area contributed by atoms with Gasteiger partial charge in [-0.2, -0.15) is 0 Å². The van der Waals surface area contributed by atoms with Gasteiger partial charge in [0.15, 0.2) is 11.5 Å². The van der Waals surface area contributed by atoms with Crippen LogP contribution in [-0.4, -0.2) is 75.1 Å². The first-order chi connectivity index (χ1) is 16.8. The molecule has 1 aromatic heterocycles. The highest BCUT2D eigenvalue weighted by atomic mass is 19.3. The molecule has 0 unspecified atom stereocenters. The number of rotatable bonds is 8. The number of piperidine rings is 1. The van der Waals surface area contributed by atoms with Crippen molar-refractivity contribution in [3.63, 3.8) is 0 Å². The Morgan fingerprint density at radius 3 is 2.43 bits per heavy atom. The second-order valence-corrected chi connectivity index (χ2v) is 9.29. The van der Waals surface area contributed by atoms with Crippen LogP contribution in [0.1, 0.15) is 29.9 Å². The van der Waals surface area contributed by atoms with E-state index in [2.05, 4.69) is 22.0 Å². The first-order valence-electron chi connectivity index (χ1n) is 11.9. The summed E-state index contributed by atoms with van der Waals surface area (Å²) < 4.78 is 38.0. The van der Waals surface area contributed by atoms with Crippen molar-refractivity contribution in [2.75, 3.05) is 47.9 Å². The zero-order valence-electron chi connectivity index (χ0n) is 20.7. The fourth-order valence-electron chi connectivity index (χ4n) is 4.88. The molecular formula is C27H33F2N3O3. The Hall–Kier alpha value is -3.13. The highest BCUT2D eigenvalue weighted by molar-refractivity contribution is 5.91. The number of H-pyrrole nitrogens is 1. The zero-order chi connectivity index (χ0) is 25.1. The largest absolute Gasteiger partial charge is 0.493 e. The second kappa shape index (κ2) is 10.6. The Kier molecular flexibility index (Phi) is 7.60. The SMILES string of the molecule is COc1ccc(-c2[nH]c3ccc(C4CCN(CC(=O)N(C)C)CC4)cc3c2CC(F)F)cc1OC.